The van der Waals surface area contributed by atoms with Gasteiger partial charge in [0.25, 0.3) is 0 Å². The first-order chi connectivity index (χ1) is 20.3. The summed E-state index contributed by atoms with van der Waals surface area (Å²) in [4.78, 5) is 16.0. The molecule has 1 aliphatic heterocycles. The molecular weight excluding hydrogens is 573 g/mol. The molecule has 9 heteroatoms. The number of hydrogen-bond donors (Lipinski definition) is 1. The maximum atomic E-state index is 13.4. The number of nitrogens with two attached hydrogens (primary N) is 1. The normalized spacial score (nSPS) is 15.4. The van der Waals surface area contributed by atoms with E-state index >= 15 is 0 Å². The van der Waals surface area contributed by atoms with Gasteiger partial charge in [-0.2, -0.15) is 18.4 Å². The third-order valence-electron chi connectivity index (χ3n) is 6.89. The highest BCUT2D eigenvalue weighted by molar-refractivity contribution is 6.29. The lowest BCUT2D eigenvalue weighted by Gasteiger charge is -2.38. The van der Waals surface area contributed by atoms with Crippen molar-refractivity contribution in [2.75, 3.05) is 11.4 Å². The molecule has 0 aliphatic carbocycles. The molecular formula is C34H40ClF3N4O. The number of rotatable bonds is 7. The average molecular weight is 613 g/mol. The minimum Gasteiger partial charge on any atom is -0.366 e. The van der Waals surface area contributed by atoms with Gasteiger partial charge in [0.15, 0.2) is 0 Å². The van der Waals surface area contributed by atoms with Crippen LogP contribution >= 0.6 is 11.6 Å². The molecule has 0 spiro atoms. The highest BCUT2D eigenvalue weighted by Crippen LogP contribution is 2.50. The number of anilines is 1. The molecule has 2 heterocycles. The topological polar surface area (TPSA) is 83.0 Å². The highest BCUT2D eigenvalue weighted by Gasteiger charge is 2.45. The zero-order chi connectivity index (χ0) is 34.0. The number of amides is 1. The van der Waals surface area contributed by atoms with Crippen molar-refractivity contribution in [2.24, 2.45) is 23.0 Å². The predicted octanol–water partition coefficient (Wildman–Crippen LogP) is 8.35. The van der Waals surface area contributed by atoms with Crippen LogP contribution in [0.15, 0.2) is 48.8 Å². The Morgan fingerprint density at radius 1 is 1.12 bits per heavy atom. The van der Waals surface area contributed by atoms with Crippen LogP contribution < -0.4 is 10.6 Å². The minimum absolute atomic E-state index is 0.0915. The van der Waals surface area contributed by atoms with E-state index in [1.807, 2.05) is 4.90 Å². The van der Waals surface area contributed by atoms with E-state index in [4.69, 9.17) is 22.6 Å². The maximum Gasteiger partial charge on any atom is 0.417 e. The Kier molecular flexibility index (Phi) is 18.7. The van der Waals surface area contributed by atoms with Gasteiger partial charge >= 0.3 is 6.18 Å². The molecule has 1 aromatic carbocycles. The van der Waals surface area contributed by atoms with E-state index in [2.05, 4.69) is 77.8 Å². The molecule has 2 N–H and O–H groups in total. The van der Waals surface area contributed by atoms with Gasteiger partial charge < -0.3 is 10.6 Å². The number of nitrogens with zero attached hydrogens (tertiary/aromatic N) is 3. The summed E-state index contributed by atoms with van der Waals surface area (Å²) in [6, 6.07) is 8.65. The van der Waals surface area contributed by atoms with E-state index in [0.717, 1.165) is 37.4 Å². The van der Waals surface area contributed by atoms with Gasteiger partial charge in [0.05, 0.1) is 22.8 Å². The second-order valence-electron chi connectivity index (χ2n) is 9.78. The monoisotopic (exact) mass is 612 g/mol. The molecule has 1 amide bonds. The zero-order valence-corrected chi connectivity index (χ0v) is 25.9. The number of carbonyl (C=O) groups excluding carboxylic acids is 1. The van der Waals surface area contributed by atoms with Crippen LogP contribution in [0.3, 0.4) is 0 Å². The SMILES string of the molecule is C#C.C#C.C#C.C=C1C(C(C)(CCC)CCC)C(C)CN1c1ccc(C#N)c(C(F)(F)F)c1.NC(=O)c1ccc(Cl)nc1. The fourth-order valence-corrected chi connectivity index (χ4v) is 5.61. The number of benzene rings is 1. The molecule has 5 nitrogen and oxygen atoms in total. The maximum absolute atomic E-state index is 13.4. The van der Waals surface area contributed by atoms with Crippen molar-refractivity contribution < 1.29 is 18.0 Å². The molecule has 2 aromatic rings. The number of allylic oxidation sites excluding steroid dienone is 1. The van der Waals surface area contributed by atoms with Gasteiger partial charge in [-0.3, -0.25) is 4.79 Å². The zero-order valence-electron chi connectivity index (χ0n) is 25.2. The lowest BCUT2D eigenvalue weighted by Crippen LogP contribution is -2.31. The molecule has 2 unspecified atom stereocenters. The van der Waals surface area contributed by atoms with Crippen molar-refractivity contribution in [3.8, 4) is 44.6 Å². The Morgan fingerprint density at radius 3 is 2.05 bits per heavy atom. The molecule has 2 atom stereocenters. The first kappa shape index (κ1) is 40.8. The minimum atomic E-state index is -4.55. The van der Waals surface area contributed by atoms with Crippen LogP contribution in [0.1, 0.15) is 74.9 Å². The van der Waals surface area contributed by atoms with Gasteiger partial charge in [-0.15, -0.1) is 38.5 Å². The Bertz CT molecular complexity index is 1250. The first-order valence-electron chi connectivity index (χ1n) is 13.3. The molecule has 1 saturated heterocycles. The van der Waals surface area contributed by atoms with Crippen molar-refractivity contribution in [2.45, 2.75) is 59.6 Å². The third kappa shape index (κ3) is 11.4. The van der Waals surface area contributed by atoms with Crippen LogP contribution in [0.2, 0.25) is 5.15 Å². The van der Waals surface area contributed by atoms with Crippen molar-refractivity contribution >= 4 is 23.2 Å². The van der Waals surface area contributed by atoms with Gasteiger partial charge in [-0.05, 0) is 54.5 Å². The number of aromatic nitrogens is 1. The van der Waals surface area contributed by atoms with Gasteiger partial charge in [0.1, 0.15) is 5.15 Å². The number of terminal acetylenes is 3. The van der Waals surface area contributed by atoms with Gasteiger partial charge in [-0.25, -0.2) is 4.98 Å². The van der Waals surface area contributed by atoms with Crippen molar-refractivity contribution in [1.29, 1.82) is 5.26 Å². The molecule has 230 valence electrons. The predicted molar refractivity (Wildman–Crippen MR) is 171 cm³/mol. The molecule has 0 saturated carbocycles. The Morgan fingerprint density at radius 2 is 1.65 bits per heavy atom. The van der Waals surface area contributed by atoms with Crippen LogP contribution in [-0.4, -0.2) is 17.4 Å². The number of hydrogen-bond acceptors (Lipinski definition) is 4. The van der Waals surface area contributed by atoms with Crippen LogP contribution in [0.5, 0.6) is 0 Å². The fourth-order valence-electron chi connectivity index (χ4n) is 5.50. The summed E-state index contributed by atoms with van der Waals surface area (Å²) in [5.41, 5.74) is 5.54. The van der Waals surface area contributed by atoms with Crippen molar-refractivity contribution in [1.82, 2.24) is 4.98 Å². The standard InChI is InChI=1S/C22H29F3N2.C6H5ClN2O.3C2H2/c1-6-10-21(5,11-7-2)20-15(3)14-27(16(20)4)18-9-8-17(13-26)19(12-18)22(23,24)25;7-5-2-1-4(3-9-5)6(8)10;3*1-2/h8-9,12,15,20H,4,6-7,10-11,14H2,1-3,5H3;1-3H,(H2,8,10);3*1-2H. The molecule has 0 radical (unpaired) electrons. The van der Waals surface area contributed by atoms with Crippen molar-refractivity contribution in [3.05, 3.63) is 70.6 Å². The number of primary amides is 1. The Labute approximate surface area is 260 Å². The van der Waals surface area contributed by atoms with Gasteiger partial charge in [0.2, 0.25) is 5.91 Å². The second kappa shape index (κ2) is 19.7. The molecule has 43 heavy (non-hydrogen) atoms. The van der Waals surface area contributed by atoms with E-state index in [0.29, 0.717) is 28.9 Å². The van der Waals surface area contributed by atoms with E-state index < -0.39 is 17.6 Å². The van der Waals surface area contributed by atoms with Gasteiger partial charge in [0, 0.05) is 30.0 Å². The van der Waals surface area contributed by atoms with Crippen LogP contribution in [0, 0.1) is 67.1 Å². The molecule has 1 fully saturated rings. The quantitative estimate of drug-likeness (QED) is 0.252. The summed E-state index contributed by atoms with van der Waals surface area (Å²) in [5, 5.41) is 9.37. The molecule has 1 aromatic heterocycles. The third-order valence-corrected chi connectivity index (χ3v) is 7.11. The van der Waals surface area contributed by atoms with Gasteiger partial charge in [-0.1, -0.05) is 58.7 Å². The highest BCUT2D eigenvalue weighted by atomic mass is 35.5. The lowest BCUT2D eigenvalue weighted by atomic mass is 9.66. The second-order valence-corrected chi connectivity index (χ2v) is 10.2. The van der Waals surface area contributed by atoms with E-state index in [-0.39, 0.29) is 16.9 Å². The number of nitriles is 1. The lowest BCUT2D eigenvalue weighted by molar-refractivity contribution is -0.137. The summed E-state index contributed by atoms with van der Waals surface area (Å²) >= 11 is 5.45. The number of pyridine rings is 1. The summed E-state index contributed by atoms with van der Waals surface area (Å²) in [6.45, 7) is 13.7. The fraction of sp³-hybridized carbons (Fsp3) is 0.382. The Hall–Kier alpha value is -4.37. The summed E-state index contributed by atoms with van der Waals surface area (Å²) < 4.78 is 40.1. The van der Waals surface area contributed by atoms with Crippen LogP contribution in [0.25, 0.3) is 0 Å². The van der Waals surface area contributed by atoms with Crippen molar-refractivity contribution in [3.63, 3.8) is 0 Å². The van der Waals surface area contributed by atoms with E-state index in [1.54, 1.807) is 12.1 Å². The Balaban J connectivity index is 0. The number of carbonyl (C=O) groups is 1. The largest absolute Gasteiger partial charge is 0.417 e. The molecule has 0 bridgehead atoms. The van der Waals surface area contributed by atoms with E-state index in [9.17, 15) is 18.0 Å². The number of halogens is 4. The number of alkyl halides is 3. The van der Waals surface area contributed by atoms with E-state index in [1.165, 1.54) is 24.4 Å². The smallest absolute Gasteiger partial charge is 0.366 e. The molecule has 3 rings (SSSR count). The van der Waals surface area contributed by atoms with Crippen LogP contribution in [0.4, 0.5) is 18.9 Å². The molecule has 1 aliphatic rings. The average Bonchev–Trinajstić information content (AvgIpc) is 3.30. The van der Waals surface area contributed by atoms with Crippen LogP contribution in [-0.2, 0) is 6.18 Å². The first-order valence-corrected chi connectivity index (χ1v) is 13.7. The summed E-state index contributed by atoms with van der Waals surface area (Å²) in [7, 11) is 0. The summed E-state index contributed by atoms with van der Waals surface area (Å²) in [5.74, 6) is 0.0529. The summed E-state index contributed by atoms with van der Waals surface area (Å²) in [6.07, 6.45) is 25.1.